The number of carbonyl (C=O) groups is 2. The molecule has 0 radical (unpaired) electrons. The summed E-state index contributed by atoms with van der Waals surface area (Å²) in [4.78, 5) is 34.4. The molecule has 140 valence electrons. The molecule has 0 atom stereocenters. The van der Waals surface area contributed by atoms with Crippen LogP contribution in [0.1, 0.15) is 34.3 Å². The summed E-state index contributed by atoms with van der Waals surface area (Å²) in [6.45, 7) is -0.903. The summed E-state index contributed by atoms with van der Waals surface area (Å²) in [5, 5.41) is 10.9. The Morgan fingerprint density at radius 2 is 1.74 bits per heavy atom. The summed E-state index contributed by atoms with van der Waals surface area (Å²) < 4.78 is 10.1. The fraction of sp³-hybridized carbons (Fsp3) is 0.300. The zero-order valence-corrected chi connectivity index (χ0v) is 14.7. The van der Waals surface area contributed by atoms with Crippen molar-refractivity contribution in [2.75, 3.05) is 13.2 Å². The van der Waals surface area contributed by atoms with Gasteiger partial charge in [-0.3, -0.25) is 14.9 Å². The third kappa shape index (κ3) is 4.69. The third-order valence-corrected chi connectivity index (χ3v) is 4.44. The Hall–Kier alpha value is -3.22. The second-order valence-corrected chi connectivity index (χ2v) is 6.29. The number of ketones is 1. The van der Waals surface area contributed by atoms with E-state index in [4.69, 9.17) is 9.47 Å². The lowest BCUT2D eigenvalue weighted by Crippen LogP contribution is -2.20. The van der Waals surface area contributed by atoms with E-state index >= 15 is 0 Å². The summed E-state index contributed by atoms with van der Waals surface area (Å²) in [6.07, 6.45) is 4.27. The first kappa shape index (κ1) is 18.6. The van der Waals surface area contributed by atoms with Gasteiger partial charge >= 0.3 is 11.7 Å². The number of hydrogen-bond acceptors (Lipinski definition) is 6. The molecule has 7 nitrogen and oxygen atoms in total. The summed E-state index contributed by atoms with van der Waals surface area (Å²) in [7, 11) is 0. The minimum absolute atomic E-state index is 0.0273. The van der Waals surface area contributed by atoms with Crippen molar-refractivity contribution < 1.29 is 24.0 Å². The van der Waals surface area contributed by atoms with Crippen molar-refractivity contribution in [2.45, 2.75) is 25.7 Å². The molecule has 1 aliphatic carbocycles. The van der Waals surface area contributed by atoms with Gasteiger partial charge in [-0.1, -0.05) is 24.3 Å². The second kappa shape index (κ2) is 8.44. The van der Waals surface area contributed by atoms with E-state index in [1.54, 1.807) is 12.1 Å². The number of nitro benzene ring substituents is 1. The molecule has 0 saturated heterocycles. The van der Waals surface area contributed by atoms with Gasteiger partial charge in [0.1, 0.15) is 0 Å². The van der Waals surface area contributed by atoms with Crippen molar-refractivity contribution >= 4 is 17.4 Å². The van der Waals surface area contributed by atoms with Crippen LogP contribution in [0.25, 0.3) is 0 Å². The minimum Gasteiger partial charge on any atom is -0.475 e. The lowest BCUT2D eigenvalue weighted by Gasteiger charge is -2.16. The zero-order valence-electron chi connectivity index (χ0n) is 14.7. The Balaban J connectivity index is 1.52. The molecule has 27 heavy (non-hydrogen) atoms. The van der Waals surface area contributed by atoms with Crippen LogP contribution in [0.2, 0.25) is 0 Å². The Morgan fingerprint density at radius 1 is 1.00 bits per heavy atom. The van der Waals surface area contributed by atoms with Gasteiger partial charge in [0.2, 0.25) is 0 Å². The summed E-state index contributed by atoms with van der Waals surface area (Å²) in [5.41, 5.74) is 2.73. The summed E-state index contributed by atoms with van der Waals surface area (Å²) in [6, 6.07) is 11.3. The molecule has 0 aromatic heterocycles. The number of esters is 1. The molecular weight excluding hydrogens is 350 g/mol. The highest BCUT2D eigenvalue weighted by molar-refractivity contribution is 5.98. The van der Waals surface area contributed by atoms with Crippen molar-refractivity contribution in [3.8, 4) is 5.75 Å². The maximum atomic E-state index is 12.2. The lowest BCUT2D eigenvalue weighted by molar-refractivity contribution is -0.385. The largest absolute Gasteiger partial charge is 0.475 e. The number of nitrogens with zero attached hydrogens (tertiary/aromatic N) is 1. The number of Topliss-reactive ketones (excluding diaryl/α,β-unsaturated/α-hetero) is 1. The summed E-state index contributed by atoms with van der Waals surface area (Å²) in [5.74, 6) is -1.08. The van der Waals surface area contributed by atoms with Gasteiger partial charge in [-0.25, -0.2) is 4.79 Å². The second-order valence-electron chi connectivity index (χ2n) is 6.29. The van der Waals surface area contributed by atoms with Crippen LogP contribution in [0.4, 0.5) is 5.69 Å². The molecule has 3 rings (SSSR count). The molecule has 0 spiro atoms. The van der Waals surface area contributed by atoms with E-state index < -0.39 is 24.1 Å². The molecule has 1 aliphatic rings. The molecule has 0 fully saturated rings. The number of para-hydroxylation sites is 2. The molecule has 0 aliphatic heterocycles. The van der Waals surface area contributed by atoms with Crippen LogP contribution in [-0.4, -0.2) is 29.9 Å². The van der Waals surface area contributed by atoms with Crippen LogP contribution < -0.4 is 4.74 Å². The van der Waals surface area contributed by atoms with Gasteiger partial charge in [0.15, 0.2) is 24.7 Å². The van der Waals surface area contributed by atoms with Gasteiger partial charge in [-0.2, -0.15) is 0 Å². The number of rotatable bonds is 7. The first-order valence-electron chi connectivity index (χ1n) is 8.71. The van der Waals surface area contributed by atoms with Crippen molar-refractivity contribution in [3.05, 3.63) is 69.3 Å². The minimum atomic E-state index is -0.764. The molecule has 2 aromatic rings. The fourth-order valence-corrected chi connectivity index (χ4v) is 3.04. The molecule has 2 aromatic carbocycles. The Labute approximate surface area is 156 Å². The molecule has 0 bridgehead atoms. The highest BCUT2D eigenvalue weighted by Crippen LogP contribution is 2.25. The van der Waals surface area contributed by atoms with Crippen LogP contribution in [0.3, 0.4) is 0 Å². The molecule has 0 unspecified atom stereocenters. The van der Waals surface area contributed by atoms with Crippen LogP contribution in [0, 0.1) is 10.1 Å². The maximum Gasteiger partial charge on any atom is 0.344 e. The average molecular weight is 369 g/mol. The third-order valence-electron chi connectivity index (χ3n) is 4.44. The first-order valence-corrected chi connectivity index (χ1v) is 8.71. The standard InChI is InChI=1S/C20H19NO6/c22-18(16-10-9-14-5-1-2-6-15(14)11-16)12-27-20(23)13-26-19-8-4-3-7-17(19)21(24)25/h3-4,7-11H,1-2,5-6,12-13H2. The highest BCUT2D eigenvalue weighted by atomic mass is 16.6. The SMILES string of the molecule is O=C(COc1ccccc1[N+](=O)[O-])OCC(=O)c1ccc2c(c1)CCCC2. The van der Waals surface area contributed by atoms with Crippen molar-refractivity contribution in [1.29, 1.82) is 0 Å². The zero-order chi connectivity index (χ0) is 19.2. The molecule has 0 heterocycles. The quantitative estimate of drug-likeness (QED) is 0.322. The number of aryl methyl sites for hydroxylation is 2. The highest BCUT2D eigenvalue weighted by Gasteiger charge is 2.17. The first-order chi connectivity index (χ1) is 13.0. The van der Waals surface area contributed by atoms with Crippen LogP contribution >= 0.6 is 0 Å². The van der Waals surface area contributed by atoms with E-state index in [0.29, 0.717) is 5.56 Å². The van der Waals surface area contributed by atoms with Gasteiger partial charge in [-0.15, -0.1) is 0 Å². The van der Waals surface area contributed by atoms with E-state index in [1.165, 1.54) is 29.3 Å². The van der Waals surface area contributed by atoms with Crippen molar-refractivity contribution in [2.24, 2.45) is 0 Å². The monoisotopic (exact) mass is 369 g/mol. The number of ether oxygens (including phenoxy) is 2. The van der Waals surface area contributed by atoms with Gasteiger partial charge in [0, 0.05) is 11.6 Å². The van der Waals surface area contributed by atoms with Crippen molar-refractivity contribution in [3.63, 3.8) is 0 Å². The number of carbonyl (C=O) groups excluding carboxylic acids is 2. The molecule has 7 heteroatoms. The number of fused-ring (bicyclic) bond motifs is 1. The van der Waals surface area contributed by atoms with Crippen LogP contribution in [0.15, 0.2) is 42.5 Å². The smallest absolute Gasteiger partial charge is 0.344 e. The van der Waals surface area contributed by atoms with Gasteiger partial charge in [-0.05, 0) is 48.9 Å². The van der Waals surface area contributed by atoms with E-state index in [0.717, 1.165) is 25.7 Å². The number of hydrogen-bond donors (Lipinski definition) is 0. The predicted molar refractivity (Wildman–Crippen MR) is 97.0 cm³/mol. The van der Waals surface area contributed by atoms with E-state index in [1.807, 2.05) is 12.1 Å². The lowest BCUT2D eigenvalue weighted by atomic mass is 9.90. The topological polar surface area (TPSA) is 95.7 Å². The molecule has 0 amide bonds. The predicted octanol–water partition coefficient (Wildman–Crippen LogP) is 3.28. The van der Waals surface area contributed by atoms with E-state index in [-0.39, 0.29) is 17.2 Å². The van der Waals surface area contributed by atoms with Gasteiger partial charge in [0.25, 0.3) is 0 Å². The maximum absolute atomic E-state index is 12.2. The Kier molecular flexibility index (Phi) is 5.80. The van der Waals surface area contributed by atoms with Gasteiger partial charge < -0.3 is 9.47 Å². The summed E-state index contributed by atoms with van der Waals surface area (Å²) >= 11 is 0. The Bertz CT molecular complexity index is 877. The molecular formula is C20H19NO6. The van der Waals surface area contributed by atoms with Crippen LogP contribution in [0.5, 0.6) is 5.75 Å². The van der Waals surface area contributed by atoms with Gasteiger partial charge in [0.05, 0.1) is 4.92 Å². The van der Waals surface area contributed by atoms with E-state index in [2.05, 4.69) is 0 Å². The fourth-order valence-electron chi connectivity index (χ4n) is 3.04. The molecule has 0 N–H and O–H groups in total. The normalized spacial score (nSPS) is 12.7. The average Bonchev–Trinajstić information content (AvgIpc) is 2.70. The van der Waals surface area contributed by atoms with Crippen LogP contribution in [-0.2, 0) is 22.4 Å². The Morgan fingerprint density at radius 3 is 2.52 bits per heavy atom. The molecule has 0 saturated carbocycles. The van der Waals surface area contributed by atoms with Crippen molar-refractivity contribution in [1.82, 2.24) is 0 Å². The number of benzene rings is 2. The number of nitro groups is 1. The van der Waals surface area contributed by atoms with E-state index in [9.17, 15) is 19.7 Å².